The molecule has 0 aliphatic carbocycles. The van der Waals surface area contributed by atoms with E-state index in [4.69, 9.17) is 5.11 Å². The van der Waals surface area contributed by atoms with E-state index in [9.17, 15) is 9.59 Å². The number of hydrogen-bond acceptors (Lipinski definition) is 3. The number of thiol groups is 1. The molecule has 0 spiro atoms. The van der Waals surface area contributed by atoms with Gasteiger partial charge in [-0.25, -0.2) is 4.79 Å². The Morgan fingerprint density at radius 3 is 2.50 bits per heavy atom. The lowest BCUT2D eigenvalue weighted by Gasteiger charge is -2.10. The number of carboxylic acid groups (broad SMARTS) is 1. The van der Waals surface area contributed by atoms with E-state index < -0.39 is 12.0 Å². The molecule has 1 amide bonds. The molecule has 0 bridgehead atoms. The zero-order chi connectivity index (χ0) is 9.56. The molecule has 4 nitrogen and oxygen atoms in total. The number of hydrogen-bond donors (Lipinski definition) is 3. The molecule has 1 unspecified atom stereocenters. The summed E-state index contributed by atoms with van der Waals surface area (Å²) in [6.45, 7) is 1.86. The maximum atomic E-state index is 10.9. The molecule has 5 heteroatoms. The average Bonchev–Trinajstić information content (AvgIpc) is 2.00. The predicted molar refractivity (Wildman–Crippen MR) is 48.3 cm³/mol. The van der Waals surface area contributed by atoms with Crippen molar-refractivity contribution >= 4 is 24.5 Å². The molecular weight excluding hydrogens is 178 g/mol. The monoisotopic (exact) mass is 191 g/mol. The van der Waals surface area contributed by atoms with E-state index in [2.05, 4.69) is 17.9 Å². The highest BCUT2D eigenvalue weighted by molar-refractivity contribution is 7.80. The Hall–Kier alpha value is -0.710. The summed E-state index contributed by atoms with van der Waals surface area (Å²) in [5, 5.41) is 10.9. The normalized spacial score (nSPS) is 12.2. The fourth-order valence-electron chi connectivity index (χ4n) is 0.679. The summed E-state index contributed by atoms with van der Waals surface area (Å²) in [5.41, 5.74) is 0. The molecule has 0 heterocycles. The minimum atomic E-state index is -1.05. The van der Waals surface area contributed by atoms with Crippen molar-refractivity contribution in [2.75, 3.05) is 5.75 Å². The van der Waals surface area contributed by atoms with Crippen LogP contribution in [0.2, 0.25) is 0 Å². The van der Waals surface area contributed by atoms with Gasteiger partial charge in [0.2, 0.25) is 5.91 Å². The van der Waals surface area contributed by atoms with Gasteiger partial charge in [-0.15, -0.1) is 0 Å². The summed E-state index contributed by atoms with van der Waals surface area (Å²) in [6, 6.07) is -0.868. The lowest BCUT2D eigenvalue weighted by molar-refractivity contribution is -0.141. The summed E-state index contributed by atoms with van der Waals surface area (Å²) < 4.78 is 0. The Labute approximate surface area is 76.8 Å². The van der Waals surface area contributed by atoms with E-state index in [0.29, 0.717) is 12.8 Å². The number of carbonyl (C=O) groups is 2. The number of rotatable bonds is 5. The van der Waals surface area contributed by atoms with Crippen molar-refractivity contribution < 1.29 is 14.7 Å². The van der Waals surface area contributed by atoms with Crippen LogP contribution in [0.25, 0.3) is 0 Å². The second-order valence-corrected chi connectivity index (χ2v) is 2.76. The van der Waals surface area contributed by atoms with Crippen molar-refractivity contribution in [2.24, 2.45) is 0 Å². The Kier molecular flexibility index (Phi) is 5.53. The molecule has 0 rings (SSSR count). The molecule has 0 aliphatic heterocycles. The minimum absolute atomic E-state index is 0.116. The van der Waals surface area contributed by atoms with Gasteiger partial charge in [-0.1, -0.05) is 6.92 Å². The van der Waals surface area contributed by atoms with Crippen LogP contribution < -0.4 is 5.32 Å². The first-order valence-electron chi connectivity index (χ1n) is 3.74. The van der Waals surface area contributed by atoms with Crippen LogP contribution in [-0.2, 0) is 9.59 Å². The molecule has 12 heavy (non-hydrogen) atoms. The number of amides is 1. The van der Waals surface area contributed by atoms with Gasteiger partial charge in [-0.2, -0.15) is 12.6 Å². The maximum absolute atomic E-state index is 10.9. The molecule has 70 valence electrons. The van der Waals surface area contributed by atoms with E-state index in [1.54, 1.807) is 0 Å². The number of aliphatic carboxylic acids is 1. The van der Waals surface area contributed by atoms with Crippen molar-refractivity contribution in [3.8, 4) is 0 Å². The van der Waals surface area contributed by atoms with Gasteiger partial charge in [0.05, 0.1) is 0 Å². The highest BCUT2D eigenvalue weighted by Crippen LogP contribution is 1.92. The maximum Gasteiger partial charge on any atom is 0.327 e. The highest BCUT2D eigenvalue weighted by atomic mass is 32.1. The first kappa shape index (κ1) is 11.3. The van der Waals surface area contributed by atoms with Crippen molar-refractivity contribution in [3.05, 3.63) is 0 Å². The second kappa shape index (κ2) is 5.88. The molecule has 0 aromatic heterocycles. The summed E-state index contributed by atoms with van der Waals surface area (Å²) in [4.78, 5) is 21.3. The SMILES string of the molecule is CCCC(=O)NC(CS)C(=O)O. The van der Waals surface area contributed by atoms with Crippen molar-refractivity contribution in [1.82, 2.24) is 5.32 Å². The molecular formula is C7H13NO3S. The van der Waals surface area contributed by atoms with E-state index >= 15 is 0 Å². The van der Waals surface area contributed by atoms with Crippen LogP contribution in [-0.4, -0.2) is 28.8 Å². The van der Waals surface area contributed by atoms with E-state index in [0.717, 1.165) is 0 Å². The average molecular weight is 191 g/mol. The number of carboxylic acids is 1. The van der Waals surface area contributed by atoms with Crippen LogP contribution in [0.4, 0.5) is 0 Å². The van der Waals surface area contributed by atoms with Gasteiger partial charge in [0.25, 0.3) is 0 Å². The molecule has 0 fully saturated rings. The molecule has 0 saturated carbocycles. The van der Waals surface area contributed by atoms with Gasteiger partial charge in [-0.3, -0.25) is 4.79 Å². The van der Waals surface area contributed by atoms with Gasteiger partial charge in [0.1, 0.15) is 6.04 Å². The van der Waals surface area contributed by atoms with E-state index in [1.807, 2.05) is 6.92 Å². The number of carbonyl (C=O) groups excluding carboxylic acids is 1. The van der Waals surface area contributed by atoms with Gasteiger partial charge in [-0.05, 0) is 6.42 Å². The predicted octanol–water partition coefficient (Wildman–Crippen LogP) is 0.286. The van der Waals surface area contributed by atoms with Crippen molar-refractivity contribution in [3.63, 3.8) is 0 Å². The minimum Gasteiger partial charge on any atom is -0.480 e. The molecule has 2 N–H and O–H groups in total. The third kappa shape index (κ3) is 4.23. The summed E-state index contributed by atoms with van der Waals surface area (Å²) >= 11 is 3.80. The zero-order valence-electron chi connectivity index (χ0n) is 6.91. The van der Waals surface area contributed by atoms with Crippen LogP contribution in [0.1, 0.15) is 19.8 Å². The van der Waals surface area contributed by atoms with Gasteiger partial charge in [0.15, 0.2) is 0 Å². The smallest absolute Gasteiger partial charge is 0.327 e. The van der Waals surface area contributed by atoms with Gasteiger partial charge >= 0.3 is 5.97 Å². The standard InChI is InChI=1S/C7H13NO3S/c1-2-3-6(9)8-5(4-12)7(10)11/h5,12H,2-4H2,1H3,(H,8,9)(H,10,11). The van der Waals surface area contributed by atoms with Gasteiger partial charge in [0, 0.05) is 12.2 Å². The van der Waals surface area contributed by atoms with Crippen LogP contribution >= 0.6 is 12.6 Å². The molecule has 0 aliphatic rings. The van der Waals surface area contributed by atoms with Crippen molar-refractivity contribution in [2.45, 2.75) is 25.8 Å². The van der Waals surface area contributed by atoms with Crippen LogP contribution in [0, 0.1) is 0 Å². The molecule has 0 aromatic carbocycles. The summed E-state index contributed by atoms with van der Waals surface area (Å²) in [5.74, 6) is -1.17. The molecule has 1 atom stereocenters. The quantitative estimate of drug-likeness (QED) is 0.547. The third-order valence-corrected chi connectivity index (χ3v) is 1.66. The fourth-order valence-corrected chi connectivity index (χ4v) is 0.927. The molecule has 0 radical (unpaired) electrons. The highest BCUT2D eigenvalue weighted by Gasteiger charge is 2.16. The van der Waals surface area contributed by atoms with Crippen molar-refractivity contribution in [1.29, 1.82) is 0 Å². The zero-order valence-corrected chi connectivity index (χ0v) is 7.80. The Morgan fingerprint density at radius 2 is 2.17 bits per heavy atom. The van der Waals surface area contributed by atoms with Crippen LogP contribution in [0.5, 0.6) is 0 Å². The van der Waals surface area contributed by atoms with Crippen LogP contribution in [0.15, 0.2) is 0 Å². The van der Waals surface area contributed by atoms with Crippen LogP contribution in [0.3, 0.4) is 0 Å². The first-order valence-corrected chi connectivity index (χ1v) is 4.38. The first-order chi connectivity index (χ1) is 5.61. The van der Waals surface area contributed by atoms with Gasteiger partial charge < -0.3 is 10.4 Å². The fraction of sp³-hybridized carbons (Fsp3) is 0.714. The third-order valence-electron chi connectivity index (χ3n) is 1.29. The Bertz CT molecular complexity index is 172. The van der Waals surface area contributed by atoms with E-state index in [1.165, 1.54) is 0 Å². The Morgan fingerprint density at radius 1 is 1.58 bits per heavy atom. The summed E-state index contributed by atoms with van der Waals surface area (Å²) in [6.07, 6.45) is 1.07. The largest absolute Gasteiger partial charge is 0.480 e. The molecule has 0 aromatic rings. The summed E-state index contributed by atoms with van der Waals surface area (Å²) in [7, 11) is 0. The lowest BCUT2D eigenvalue weighted by Crippen LogP contribution is -2.41. The Balaban J connectivity index is 3.85. The molecule has 0 saturated heterocycles. The topological polar surface area (TPSA) is 66.4 Å². The number of nitrogens with one attached hydrogen (secondary N) is 1. The second-order valence-electron chi connectivity index (χ2n) is 2.39. The lowest BCUT2D eigenvalue weighted by atomic mass is 10.3. The van der Waals surface area contributed by atoms with E-state index in [-0.39, 0.29) is 11.7 Å².